The van der Waals surface area contributed by atoms with Crippen molar-refractivity contribution in [3.05, 3.63) is 71.4 Å². The number of hydrogen-bond acceptors (Lipinski definition) is 3. The van der Waals surface area contributed by atoms with Crippen LogP contribution >= 0.6 is 0 Å². The molecule has 0 unspecified atom stereocenters. The van der Waals surface area contributed by atoms with E-state index < -0.39 is 5.91 Å². The number of nitrogens with one attached hydrogen (secondary N) is 1. The SMILES string of the molecule is Cc1[nH]c(-c2cccc(-c3cccc(CN4CCN(C)CC4)c3)c2)cc1C(N)=O. The molecular weight excluding hydrogens is 360 g/mol. The number of rotatable bonds is 5. The summed E-state index contributed by atoms with van der Waals surface area (Å²) in [5, 5.41) is 0. The third kappa shape index (κ3) is 4.42. The number of aromatic amines is 1. The molecule has 0 spiro atoms. The summed E-state index contributed by atoms with van der Waals surface area (Å²) in [5.74, 6) is -0.405. The van der Waals surface area contributed by atoms with E-state index in [1.165, 1.54) is 11.1 Å². The van der Waals surface area contributed by atoms with Gasteiger partial charge in [0.2, 0.25) is 0 Å². The molecule has 3 N–H and O–H groups in total. The van der Waals surface area contributed by atoms with Gasteiger partial charge in [0.15, 0.2) is 0 Å². The van der Waals surface area contributed by atoms with E-state index in [1.54, 1.807) is 0 Å². The molecule has 4 rings (SSSR count). The van der Waals surface area contributed by atoms with Crippen LogP contribution in [-0.4, -0.2) is 53.9 Å². The normalized spacial score (nSPS) is 15.5. The van der Waals surface area contributed by atoms with Crippen LogP contribution in [0.1, 0.15) is 21.6 Å². The average Bonchev–Trinajstić information content (AvgIpc) is 3.12. The Hall–Kier alpha value is -2.89. The van der Waals surface area contributed by atoms with Gasteiger partial charge in [-0.2, -0.15) is 0 Å². The number of amides is 1. The largest absolute Gasteiger partial charge is 0.366 e. The van der Waals surface area contributed by atoms with Crippen LogP contribution in [0.3, 0.4) is 0 Å². The first kappa shape index (κ1) is 19.4. The van der Waals surface area contributed by atoms with Gasteiger partial charge in [0.05, 0.1) is 5.56 Å². The first-order chi connectivity index (χ1) is 14.0. The monoisotopic (exact) mass is 388 g/mol. The molecular formula is C24H28N4O. The van der Waals surface area contributed by atoms with Crippen molar-refractivity contribution in [1.82, 2.24) is 14.8 Å². The summed E-state index contributed by atoms with van der Waals surface area (Å²) in [5.41, 5.74) is 12.5. The fraction of sp³-hybridized carbons (Fsp3) is 0.292. The van der Waals surface area contributed by atoms with Gasteiger partial charge in [0, 0.05) is 44.1 Å². The number of carbonyl (C=O) groups is 1. The van der Waals surface area contributed by atoms with Crippen molar-refractivity contribution in [1.29, 1.82) is 0 Å². The number of aromatic nitrogens is 1. The zero-order valence-corrected chi connectivity index (χ0v) is 17.1. The first-order valence-corrected chi connectivity index (χ1v) is 10.1. The van der Waals surface area contributed by atoms with E-state index in [-0.39, 0.29) is 0 Å². The summed E-state index contributed by atoms with van der Waals surface area (Å²) in [4.78, 5) is 19.7. The van der Waals surface area contributed by atoms with Gasteiger partial charge >= 0.3 is 0 Å². The van der Waals surface area contributed by atoms with E-state index in [4.69, 9.17) is 5.73 Å². The molecule has 1 saturated heterocycles. The van der Waals surface area contributed by atoms with Gasteiger partial charge in [0.25, 0.3) is 5.91 Å². The third-order valence-corrected chi connectivity index (χ3v) is 5.72. The van der Waals surface area contributed by atoms with Crippen LogP contribution in [0.15, 0.2) is 54.6 Å². The molecule has 1 aliphatic rings. The highest BCUT2D eigenvalue weighted by Gasteiger charge is 2.14. The van der Waals surface area contributed by atoms with E-state index in [9.17, 15) is 4.79 Å². The second-order valence-electron chi connectivity index (χ2n) is 7.95. The number of carbonyl (C=O) groups excluding carboxylic acids is 1. The molecule has 2 heterocycles. The van der Waals surface area contributed by atoms with Gasteiger partial charge in [-0.25, -0.2) is 0 Å². The molecule has 2 aromatic carbocycles. The minimum Gasteiger partial charge on any atom is -0.366 e. The molecule has 1 aliphatic heterocycles. The van der Waals surface area contributed by atoms with Gasteiger partial charge < -0.3 is 15.6 Å². The highest BCUT2D eigenvalue weighted by atomic mass is 16.1. The Morgan fingerprint density at radius 3 is 2.31 bits per heavy atom. The highest BCUT2D eigenvalue weighted by molar-refractivity contribution is 5.95. The number of nitrogens with two attached hydrogens (primary N) is 1. The van der Waals surface area contributed by atoms with E-state index in [2.05, 4.69) is 64.3 Å². The maximum atomic E-state index is 11.6. The second-order valence-corrected chi connectivity index (χ2v) is 7.95. The van der Waals surface area contributed by atoms with Gasteiger partial charge in [-0.3, -0.25) is 9.69 Å². The lowest BCUT2D eigenvalue weighted by Crippen LogP contribution is -2.43. The Labute approximate surface area is 172 Å². The maximum absolute atomic E-state index is 11.6. The number of H-pyrrole nitrogens is 1. The molecule has 0 radical (unpaired) electrons. The molecule has 0 aliphatic carbocycles. The number of piperazine rings is 1. The first-order valence-electron chi connectivity index (χ1n) is 10.1. The topological polar surface area (TPSA) is 65.4 Å². The summed E-state index contributed by atoms with van der Waals surface area (Å²) in [6.45, 7) is 7.35. The van der Waals surface area contributed by atoms with Crippen molar-refractivity contribution in [3.63, 3.8) is 0 Å². The van der Waals surface area contributed by atoms with E-state index in [1.807, 2.05) is 19.1 Å². The number of benzene rings is 2. The standard InChI is InChI=1S/C24H28N4O/c1-17-22(24(25)29)15-23(26-17)21-8-4-7-20(14-21)19-6-3-5-18(13-19)16-28-11-9-27(2)10-12-28/h3-8,13-15,26H,9-12,16H2,1-2H3,(H2,25,29). The van der Waals surface area contributed by atoms with Crippen molar-refractivity contribution in [2.24, 2.45) is 5.73 Å². The van der Waals surface area contributed by atoms with E-state index >= 15 is 0 Å². The van der Waals surface area contributed by atoms with Crippen molar-refractivity contribution in [3.8, 4) is 22.4 Å². The minimum absolute atomic E-state index is 0.405. The van der Waals surface area contributed by atoms with Crippen molar-refractivity contribution in [2.75, 3.05) is 33.2 Å². The van der Waals surface area contributed by atoms with Crippen LogP contribution < -0.4 is 5.73 Å². The van der Waals surface area contributed by atoms with Crippen LogP contribution in [0.4, 0.5) is 0 Å². The van der Waals surface area contributed by atoms with Crippen molar-refractivity contribution >= 4 is 5.91 Å². The zero-order chi connectivity index (χ0) is 20.4. The molecule has 5 heteroatoms. The molecule has 0 bridgehead atoms. The predicted octanol–water partition coefficient (Wildman–Crippen LogP) is 3.50. The summed E-state index contributed by atoms with van der Waals surface area (Å²) in [7, 11) is 2.18. The molecule has 1 aromatic heterocycles. The Morgan fingerprint density at radius 2 is 1.62 bits per heavy atom. The fourth-order valence-corrected chi connectivity index (χ4v) is 3.95. The Morgan fingerprint density at radius 1 is 0.966 bits per heavy atom. The van der Waals surface area contributed by atoms with Crippen LogP contribution in [0, 0.1) is 6.92 Å². The van der Waals surface area contributed by atoms with Crippen LogP contribution in [-0.2, 0) is 6.54 Å². The highest BCUT2D eigenvalue weighted by Crippen LogP contribution is 2.28. The lowest BCUT2D eigenvalue weighted by molar-refractivity contribution is 0.1000. The van der Waals surface area contributed by atoms with Crippen LogP contribution in [0.5, 0.6) is 0 Å². The summed E-state index contributed by atoms with van der Waals surface area (Å²) >= 11 is 0. The van der Waals surface area contributed by atoms with Gasteiger partial charge in [-0.1, -0.05) is 36.4 Å². The third-order valence-electron chi connectivity index (χ3n) is 5.72. The fourth-order valence-electron chi connectivity index (χ4n) is 3.95. The molecule has 3 aromatic rings. The number of hydrogen-bond donors (Lipinski definition) is 2. The quantitative estimate of drug-likeness (QED) is 0.703. The summed E-state index contributed by atoms with van der Waals surface area (Å²) in [6, 6.07) is 19.0. The number of nitrogens with zero attached hydrogens (tertiary/aromatic N) is 2. The molecule has 0 atom stereocenters. The molecule has 0 saturated carbocycles. The minimum atomic E-state index is -0.405. The Kier molecular flexibility index (Phi) is 5.51. The number of likely N-dealkylation sites (N-methyl/N-ethyl adjacent to an activating group) is 1. The summed E-state index contributed by atoms with van der Waals surface area (Å²) in [6.07, 6.45) is 0. The predicted molar refractivity (Wildman–Crippen MR) is 118 cm³/mol. The molecule has 150 valence electrons. The smallest absolute Gasteiger partial charge is 0.250 e. The number of primary amides is 1. The van der Waals surface area contributed by atoms with Gasteiger partial charge in [0.1, 0.15) is 0 Å². The molecule has 1 amide bonds. The average molecular weight is 389 g/mol. The zero-order valence-electron chi connectivity index (χ0n) is 17.1. The molecule has 5 nitrogen and oxygen atoms in total. The lowest BCUT2D eigenvalue weighted by Gasteiger charge is -2.32. The second kappa shape index (κ2) is 8.23. The van der Waals surface area contributed by atoms with Crippen LogP contribution in [0.25, 0.3) is 22.4 Å². The molecule has 1 fully saturated rings. The Balaban J connectivity index is 1.57. The van der Waals surface area contributed by atoms with Gasteiger partial charge in [-0.15, -0.1) is 0 Å². The van der Waals surface area contributed by atoms with Crippen molar-refractivity contribution in [2.45, 2.75) is 13.5 Å². The molecule has 29 heavy (non-hydrogen) atoms. The van der Waals surface area contributed by atoms with Crippen LogP contribution in [0.2, 0.25) is 0 Å². The summed E-state index contributed by atoms with van der Waals surface area (Å²) < 4.78 is 0. The van der Waals surface area contributed by atoms with E-state index in [0.717, 1.165) is 55.2 Å². The van der Waals surface area contributed by atoms with E-state index in [0.29, 0.717) is 5.56 Å². The van der Waals surface area contributed by atoms with Crippen molar-refractivity contribution < 1.29 is 4.79 Å². The van der Waals surface area contributed by atoms with Gasteiger partial charge in [-0.05, 0) is 54.4 Å². The Bertz CT molecular complexity index is 1020. The lowest BCUT2D eigenvalue weighted by atomic mass is 9.99. The maximum Gasteiger partial charge on any atom is 0.250 e. The number of aryl methyl sites for hydroxylation is 1.